The largest absolute Gasteiger partial charge is 0.492 e. The molecule has 0 spiro atoms. The summed E-state index contributed by atoms with van der Waals surface area (Å²) >= 11 is 0. The van der Waals surface area contributed by atoms with Gasteiger partial charge in [-0.3, -0.25) is 0 Å². The zero-order valence-electron chi connectivity index (χ0n) is 17.4. The molecule has 0 unspecified atom stereocenters. The Kier molecular flexibility index (Phi) is 7.59. The summed E-state index contributed by atoms with van der Waals surface area (Å²) in [5, 5.41) is 4.27. The van der Waals surface area contributed by atoms with Gasteiger partial charge in [-0.25, -0.2) is 31.6 Å². The Morgan fingerprint density at radius 1 is 1.09 bits per heavy atom. The molecule has 32 heavy (non-hydrogen) atoms. The number of nitrogens with one attached hydrogen (secondary N) is 1. The maximum atomic E-state index is 12.6. The predicted octanol–water partition coefficient (Wildman–Crippen LogP) is 2.51. The van der Waals surface area contributed by atoms with E-state index in [1.54, 1.807) is 48.7 Å². The number of pyridine rings is 1. The molecule has 12 heteroatoms. The molecule has 0 atom stereocenters. The lowest BCUT2D eigenvalue weighted by Gasteiger charge is -2.09. The van der Waals surface area contributed by atoms with Gasteiger partial charge in [0.15, 0.2) is 6.61 Å². The minimum Gasteiger partial charge on any atom is -0.492 e. The highest BCUT2D eigenvalue weighted by atomic mass is 32.2. The number of alkyl halides is 2. The fraction of sp³-hybridized carbons (Fsp3) is 0.300. The van der Waals surface area contributed by atoms with Gasteiger partial charge in [0.1, 0.15) is 12.4 Å². The number of benzene rings is 1. The van der Waals surface area contributed by atoms with E-state index in [4.69, 9.17) is 14.2 Å². The number of hydrogen-bond donors (Lipinski definition) is 1. The van der Waals surface area contributed by atoms with Crippen LogP contribution in [0.25, 0.3) is 16.9 Å². The summed E-state index contributed by atoms with van der Waals surface area (Å²) in [7, 11) is -1.78. The van der Waals surface area contributed by atoms with Gasteiger partial charge >= 0.3 is 0 Å². The third-order valence-corrected chi connectivity index (χ3v) is 4.83. The number of methoxy groups -OCH3 is 1. The fourth-order valence-electron chi connectivity index (χ4n) is 2.72. The number of aromatic nitrogens is 3. The normalized spacial score (nSPS) is 11.5. The minimum atomic E-state index is -3.28. The summed E-state index contributed by atoms with van der Waals surface area (Å²) in [5.74, 6) is 1.00. The number of ether oxygens (including phenoxy) is 3. The van der Waals surface area contributed by atoms with E-state index < -0.39 is 23.1 Å². The Balaban J connectivity index is 1.81. The van der Waals surface area contributed by atoms with Gasteiger partial charge in [-0.2, -0.15) is 0 Å². The third-order valence-electron chi connectivity index (χ3n) is 4.10. The zero-order chi connectivity index (χ0) is 23.1. The molecule has 0 fully saturated rings. The van der Waals surface area contributed by atoms with Crippen LogP contribution in [0.15, 0.2) is 48.7 Å². The first-order chi connectivity index (χ1) is 15.2. The van der Waals surface area contributed by atoms with Gasteiger partial charge < -0.3 is 14.2 Å². The molecule has 0 radical (unpaired) electrons. The summed E-state index contributed by atoms with van der Waals surface area (Å²) in [5.41, 5.74) is 1.90. The summed E-state index contributed by atoms with van der Waals surface area (Å²) in [6.45, 7) is -0.470. The maximum Gasteiger partial charge on any atom is 0.272 e. The second kappa shape index (κ2) is 10.4. The van der Waals surface area contributed by atoms with Crippen LogP contribution in [0.3, 0.4) is 0 Å². The topological polar surface area (TPSA) is 105 Å². The summed E-state index contributed by atoms with van der Waals surface area (Å²) in [6, 6.07) is 11.9. The molecule has 0 saturated carbocycles. The van der Waals surface area contributed by atoms with Crippen molar-refractivity contribution < 1.29 is 31.4 Å². The van der Waals surface area contributed by atoms with E-state index in [2.05, 4.69) is 14.8 Å². The van der Waals surface area contributed by atoms with Crippen LogP contribution >= 0.6 is 0 Å². The van der Waals surface area contributed by atoms with Gasteiger partial charge in [0.05, 0.1) is 30.9 Å². The molecule has 0 aliphatic carbocycles. The first-order valence-electron chi connectivity index (χ1n) is 9.44. The maximum absolute atomic E-state index is 12.6. The molecule has 1 aromatic carbocycles. The Morgan fingerprint density at radius 2 is 1.84 bits per heavy atom. The highest BCUT2D eigenvalue weighted by Gasteiger charge is 2.15. The lowest BCUT2D eigenvalue weighted by atomic mass is 10.1. The zero-order valence-corrected chi connectivity index (χ0v) is 18.2. The van der Waals surface area contributed by atoms with E-state index in [0.717, 1.165) is 11.8 Å². The minimum absolute atomic E-state index is 0.0447. The molecule has 2 heterocycles. The van der Waals surface area contributed by atoms with Crippen LogP contribution < -0.4 is 18.9 Å². The van der Waals surface area contributed by atoms with Crippen molar-refractivity contribution in [1.82, 2.24) is 19.5 Å². The van der Waals surface area contributed by atoms with Crippen LogP contribution in [-0.4, -0.2) is 62.7 Å². The van der Waals surface area contributed by atoms with Crippen LogP contribution in [0, 0.1) is 0 Å². The molecule has 1 N–H and O–H groups in total. The van der Waals surface area contributed by atoms with Crippen molar-refractivity contribution in [3.63, 3.8) is 0 Å². The van der Waals surface area contributed by atoms with Crippen LogP contribution in [0.1, 0.15) is 0 Å². The predicted molar refractivity (Wildman–Crippen MR) is 113 cm³/mol. The Bertz CT molecular complexity index is 1120. The highest BCUT2D eigenvalue weighted by molar-refractivity contribution is 7.88. The third kappa shape index (κ3) is 6.62. The van der Waals surface area contributed by atoms with E-state index in [1.807, 2.05) is 0 Å². The van der Waals surface area contributed by atoms with E-state index in [-0.39, 0.29) is 19.0 Å². The van der Waals surface area contributed by atoms with E-state index in [0.29, 0.717) is 23.0 Å². The molecular weight excluding hydrogens is 446 g/mol. The Morgan fingerprint density at radius 3 is 2.44 bits per heavy atom. The van der Waals surface area contributed by atoms with Gasteiger partial charge in [0.25, 0.3) is 6.43 Å². The van der Waals surface area contributed by atoms with Gasteiger partial charge in [0, 0.05) is 24.2 Å². The van der Waals surface area contributed by atoms with Crippen LogP contribution in [0.5, 0.6) is 17.5 Å². The van der Waals surface area contributed by atoms with Crippen LogP contribution in [0.2, 0.25) is 0 Å². The number of halogens is 2. The standard InChI is InChI=1S/C20H22F2N4O5S/c1-29-19-8-5-15(12-23-19)26-17(11-20(25-26)31-13-18(21)22)14-3-6-16(7-4-14)30-10-9-24-32(2,27)28/h3-8,11-12,18,24H,9-10,13H2,1-2H3. The lowest BCUT2D eigenvalue weighted by molar-refractivity contribution is 0.0794. The molecule has 9 nitrogen and oxygen atoms in total. The quantitative estimate of drug-likeness (QED) is 0.431. The second-order valence-electron chi connectivity index (χ2n) is 6.58. The Labute approximate surface area is 184 Å². The van der Waals surface area contributed by atoms with E-state index in [1.165, 1.54) is 11.8 Å². The molecule has 3 rings (SSSR count). The van der Waals surface area contributed by atoms with Crippen molar-refractivity contribution in [2.75, 3.05) is 33.1 Å². The van der Waals surface area contributed by atoms with Crippen LogP contribution in [-0.2, 0) is 10.0 Å². The van der Waals surface area contributed by atoms with Crippen molar-refractivity contribution >= 4 is 10.0 Å². The molecule has 2 aromatic heterocycles. The van der Waals surface area contributed by atoms with Crippen molar-refractivity contribution in [1.29, 1.82) is 0 Å². The first kappa shape index (κ1) is 23.4. The van der Waals surface area contributed by atoms with E-state index in [9.17, 15) is 17.2 Å². The van der Waals surface area contributed by atoms with Gasteiger partial charge in [-0.05, 0) is 30.3 Å². The average molecular weight is 468 g/mol. The molecule has 0 bridgehead atoms. The van der Waals surface area contributed by atoms with Crippen molar-refractivity contribution in [2.24, 2.45) is 0 Å². The molecular formula is C20H22F2N4O5S. The average Bonchev–Trinajstić information content (AvgIpc) is 3.19. The number of sulfonamides is 1. The van der Waals surface area contributed by atoms with Gasteiger partial charge in [0.2, 0.25) is 21.8 Å². The molecule has 0 aliphatic rings. The van der Waals surface area contributed by atoms with Crippen molar-refractivity contribution in [3.8, 4) is 34.5 Å². The number of hydrogen-bond acceptors (Lipinski definition) is 7. The summed E-state index contributed by atoms with van der Waals surface area (Å²) in [4.78, 5) is 4.15. The van der Waals surface area contributed by atoms with Crippen molar-refractivity contribution in [2.45, 2.75) is 6.43 Å². The van der Waals surface area contributed by atoms with Crippen LogP contribution in [0.4, 0.5) is 8.78 Å². The summed E-state index contributed by atoms with van der Waals surface area (Å²) in [6.07, 6.45) is -0.0130. The van der Waals surface area contributed by atoms with Gasteiger partial charge in [-0.1, -0.05) is 0 Å². The monoisotopic (exact) mass is 468 g/mol. The fourth-order valence-corrected chi connectivity index (χ4v) is 3.17. The number of rotatable bonds is 11. The Hall–Kier alpha value is -3.25. The lowest BCUT2D eigenvalue weighted by Crippen LogP contribution is -2.26. The smallest absolute Gasteiger partial charge is 0.272 e. The second-order valence-corrected chi connectivity index (χ2v) is 8.41. The van der Waals surface area contributed by atoms with Crippen molar-refractivity contribution in [3.05, 3.63) is 48.7 Å². The molecule has 0 aliphatic heterocycles. The molecule has 172 valence electrons. The summed E-state index contributed by atoms with van der Waals surface area (Å²) < 4.78 is 66.8. The highest BCUT2D eigenvalue weighted by Crippen LogP contribution is 2.29. The van der Waals surface area contributed by atoms with Gasteiger partial charge in [-0.15, -0.1) is 5.10 Å². The first-order valence-corrected chi connectivity index (χ1v) is 11.3. The molecule has 0 saturated heterocycles. The molecule has 3 aromatic rings. The SMILES string of the molecule is COc1ccc(-n2nc(OCC(F)F)cc2-c2ccc(OCCNS(C)(=O)=O)cc2)cn1. The number of nitrogens with zero attached hydrogens (tertiary/aromatic N) is 3. The molecule has 0 amide bonds. The van der Waals surface area contributed by atoms with E-state index >= 15 is 0 Å².